The molecular formula is C28H30N2O4. The fourth-order valence-electron chi connectivity index (χ4n) is 4.55. The van der Waals surface area contributed by atoms with Crippen LogP contribution in [-0.4, -0.2) is 18.6 Å². The van der Waals surface area contributed by atoms with Crippen LogP contribution in [0.2, 0.25) is 0 Å². The number of nitrogens with one attached hydrogen (secondary N) is 1. The van der Waals surface area contributed by atoms with Crippen LogP contribution in [0, 0.1) is 0 Å². The van der Waals surface area contributed by atoms with E-state index >= 15 is 0 Å². The zero-order chi connectivity index (χ0) is 24.1. The highest BCUT2D eigenvalue weighted by molar-refractivity contribution is 6.02. The van der Waals surface area contributed by atoms with Crippen LogP contribution in [0.1, 0.15) is 56.5 Å². The lowest BCUT2D eigenvalue weighted by molar-refractivity contribution is -0.118. The molecule has 6 heteroatoms. The van der Waals surface area contributed by atoms with E-state index in [-0.39, 0.29) is 19.5 Å². The topological polar surface area (TPSA) is 90.7 Å². The summed E-state index contributed by atoms with van der Waals surface area (Å²) in [4.78, 5) is 24.9. The van der Waals surface area contributed by atoms with Gasteiger partial charge < -0.3 is 20.5 Å². The van der Waals surface area contributed by atoms with Gasteiger partial charge in [0.25, 0.3) is 0 Å². The maximum absolute atomic E-state index is 13.4. The minimum Gasteiger partial charge on any atom is -0.454 e. The van der Waals surface area contributed by atoms with Gasteiger partial charge in [-0.1, -0.05) is 45.0 Å². The fourth-order valence-corrected chi connectivity index (χ4v) is 4.55. The van der Waals surface area contributed by atoms with E-state index < -0.39 is 11.3 Å². The summed E-state index contributed by atoms with van der Waals surface area (Å²) in [7, 11) is 0. The second-order valence-electron chi connectivity index (χ2n) is 10.1. The smallest absolute Gasteiger partial charge is 0.248 e. The summed E-state index contributed by atoms with van der Waals surface area (Å²) in [5.41, 5.74) is 10.0. The summed E-state index contributed by atoms with van der Waals surface area (Å²) in [6.07, 6.45) is 1.58. The van der Waals surface area contributed by atoms with Crippen LogP contribution in [-0.2, 0) is 15.6 Å². The van der Waals surface area contributed by atoms with E-state index in [0.717, 1.165) is 40.8 Å². The van der Waals surface area contributed by atoms with Crippen LogP contribution in [0.3, 0.4) is 0 Å². The van der Waals surface area contributed by atoms with E-state index in [9.17, 15) is 9.59 Å². The normalized spacial score (nSPS) is 15.6. The van der Waals surface area contributed by atoms with E-state index in [2.05, 4.69) is 32.2 Å². The van der Waals surface area contributed by atoms with Crippen molar-refractivity contribution in [3.63, 3.8) is 0 Å². The van der Waals surface area contributed by atoms with Crippen molar-refractivity contribution >= 4 is 17.5 Å². The SMILES string of the molecule is CC(C)(C)c1ccc(NC(=O)C2(c3ccc4c(c3)OCO4)CC2)cc1-c1ccc(C(N)=O)cc1.[HH]. The van der Waals surface area contributed by atoms with Crippen molar-refractivity contribution < 1.29 is 20.5 Å². The first-order valence-electron chi connectivity index (χ1n) is 11.4. The van der Waals surface area contributed by atoms with Crippen molar-refractivity contribution in [3.8, 4) is 22.6 Å². The van der Waals surface area contributed by atoms with Gasteiger partial charge in [-0.3, -0.25) is 9.59 Å². The van der Waals surface area contributed by atoms with Crippen molar-refractivity contribution in [1.82, 2.24) is 0 Å². The van der Waals surface area contributed by atoms with Gasteiger partial charge in [-0.15, -0.1) is 0 Å². The van der Waals surface area contributed by atoms with Crippen LogP contribution in [0.5, 0.6) is 11.5 Å². The van der Waals surface area contributed by atoms with Gasteiger partial charge in [-0.25, -0.2) is 0 Å². The molecule has 1 saturated carbocycles. The third-order valence-electron chi connectivity index (χ3n) is 6.68. The third-order valence-corrected chi connectivity index (χ3v) is 6.68. The van der Waals surface area contributed by atoms with Gasteiger partial charge in [0.05, 0.1) is 5.41 Å². The highest BCUT2D eigenvalue weighted by Gasteiger charge is 2.51. The minimum absolute atomic E-state index is 0. The van der Waals surface area contributed by atoms with Crippen molar-refractivity contribution in [2.24, 2.45) is 5.73 Å². The Kier molecular flexibility index (Phi) is 5.12. The molecule has 1 aliphatic carbocycles. The number of benzene rings is 3. The van der Waals surface area contributed by atoms with E-state index in [4.69, 9.17) is 15.2 Å². The molecule has 176 valence electrons. The van der Waals surface area contributed by atoms with Gasteiger partial charge in [0.15, 0.2) is 11.5 Å². The number of anilines is 1. The van der Waals surface area contributed by atoms with Crippen LogP contribution in [0.15, 0.2) is 60.7 Å². The molecule has 0 atom stereocenters. The van der Waals surface area contributed by atoms with Gasteiger partial charge in [-0.05, 0) is 76.9 Å². The molecule has 1 fully saturated rings. The molecule has 1 aliphatic heterocycles. The molecule has 0 saturated heterocycles. The standard InChI is InChI=1S/C28H28N2O4.H2/c1-27(2,3)22-10-9-20(15-21(22)17-4-6-18(7-5-17)25(29)31)30-26(32)28(12-13-28)19-8-11-23-24(14-19)34-16-33-23;/h4-11,14-15H,12-13,16H2,1-3H3,(H2,29,31)(H,30,32);1H. The summed E-state index contributed by atoms with van der Waals surface area (Å²) >= 11 is 0. The zero-order valence-electron chi connectivity index (χ0n) is 19.6. The number of rotatable bonds is 5. The monoisotopic (exact) mass is 458 g/mol. The Bertz CT molecular complexity index is 1290. The van der Waals surface area contributed by atoms with Crippen LogP contribution < -0.4 is 20.5 Å². The Balaban J connectivity index is 0.00000289. The predicted molar refractivity (Wildman–Crippen MR) is 133 cm³/mol. The molecule has 6 nitrogen and oxygen atoms in total. The number of ether oxygens (including phenoxy) is 2. The molecule has 2 aliphatic rings. The molecule has 0 aromatic heterocycles. The second-order valence-corrected chi connectivity index (χ2v) is 10.1. The highest BCUT2D eigenvalue weighted by Crippen LogP contribution is 2.51. The summed E-state index contributed by atoms with van der Waals surface area (Å²) in [6, 6.07) is 19.0. The summed E-state index contributed by atoms with van der Waals surface area (Å²) in [5, 5.41) is 3.14. The first-order valence-corrected chi connectivity index (χ1v) is 11.4. The maximum Gasteiger partial charge on any atom is 0.248 e. The molecule has 34 heavy (non-hydrogen) atoms. The molecule has 0 bridgehead atoms. The third kappa shape index (κ3) is 3.89. The first-order chi connectivity index (χ1) is 16.2. The van der Waals surface area contributed by atoms with Crippen LogP contribution >= 0.6 is 0 Å². The molecule has 1 heterocycles. The lowest BCUT2D eigenvalue weighted by atomic mass is 9.81. The molecule has 3 aromatic carbocycles. The summed E-state index contributed by atoms with van der Waals surface area (Å²) in [5.74, 6) is 0.921. The number of hydrogen-bond donors (Lipinski definition) is 2. The van der Waals surface area contributed by atoms with E-state index in [1.165, 1.54) is 0 Å². The number of hydrogen-bond acceptors (Lipinski definition) is 4. The largest absolute Gasteiger partial charge is 0.454 e. The lowest BCUT2D eigenvalue weighted by Gasteiger charge is -2.24. The van der Waals surface area contributed by atoms with E-state index in [1.54, 1.807) is 12.1 Å². The Labute approximate surface area is 200 Å². The van der Waals surface area contributed by atoms with Crippen molar-refractivity contribution in [2.45, 2.75) is 44.4 Å². The van der Waals surface area contributed by atoms with Gasteiger partial charge in [-0.2, -0.15) is 0 Å². The van der Waals surface area contributed by atoms with Gasteiger partial charge in [0.1, 0.15) is 0 Å². The van der Waals surface area contributed by atoms with Crippen LogP contribution in [0.4, 0.5) is 5.69 Å². The molecule has 5 rings (SSSR count). The van der Waals surface area contributed by atoms with Gasteiger partial charge in [0.2, 0.25) is 18.6 Å². The van der Waals surface area contributed by atoms with Crippen molar-refractivity contribution in [3.05, 3.63) is 77.4 Å². The Morgan fingerprint density at radius 2 is 1.65 bits per heavy atom. The summed E-state index contributed by atoms with van der Waals surface area (Å²) < 4.78 is 10.9. The van der Waals surface area contributed by atoms with Crippen molar-refractivity contribution in [2.75, 3.05) is 12.1 Å². The van der Waals surface area contributed by atoms with Crippen molar-refractivity contribution in [1.29, 1.82) is 0 Å². The molecule has 3 N–H and O–H groups in total. The first kappa shape index (κ1) is 22.0. The number of carbonyl (C=O) groups excluding carboxylic acids is 2. The average molecular weight is 459 g/mol. The molecule has 0 spiro atoms. The zero-order valence-corrected chi connectivity index (χ0v) is 19.6. The number of carbonyl (C=O) groups is 2. The van der Waals surface area contributed by atoms with E-state index in [1.807, 2.05) is 42.5 Å². The second kappa shape index (κ2) is 7.90. The van der Waals surface area contributed by atoms with Gasteiger partial charge >= 0.3 is 0 Å². The van der Waals surface area contributed by atoms with Gasteiger partial charge in [0, 0.05) is 12.7 Å². The maximum atomic E-state index is 13.4. The number of primary amides is 1. The Morgan fingerprint density at radius 3 is 2.29 bits per heavy atom. The van der Waals surface area contributed by atoms with Crippen LogP contribution in [0.25, 0.3) is 11.1 Å². The minimum atomic E-state index is -0.549. The predicted octanol–water partition coefficient (Wildman–Crippen LogP) is 5.40. The number of fused-ring (bicyclic) bond motifs is 1. The molecule has 3 aromatic rings. The molecule has 2 amide bonds. The molecule has 0 radical (unpaired) electrons. The lowest BCUT2D eigenvalue weighted by Crippen LogP contribution is -2.28. The number of amides is 2. The average Bonchev–Trinajstić information content (AvgIpc) is 3.49. The fraction of sp³-hybridized carbons (Fsp3) is 0.286. The number of nitrogens with two attached hydrogens (primary N) is 1. The Morgan fingerprint density at radius 1 is 0.941 bits per heavy atom. The summed E-state index contributed by atoms with van der Waals surface area (Å²) in [6.45, 7) is 6.67. The van der Waals surface area contributed by atoms with E-state index in [0.29, 0.717) is 17.1 Å². The quantitative estimate of drug-likeness (QED) is 0.536. The highest BCUT2D eigenvalue weighted by atomic mass is 16.7. The molecular weight excluding hydrogens is 428 g/mol. The Hall–Kier alpha value is -3.80. The molecule has 0 unspecified atom stereocenters.